The highest BCUT2D eigenvalue weighted by Gasteiger charge is 2.47. The van der Waals surface area contributed by atoms with Crippen LogP contribution in [0.3, 0.4) is 0 Å². The molecule has 0 aliphatic carbocycles. The van der Waals surface area contributed by atoms with Crippen LogP contribution in [0.15, 0.2) is 255 Å². The van der Waals surface area contributed by atoms with Gasteiger partial charge in [0.05, 0.1) is 44.8 Å². The highest BCUT2D eigenvalue weighted by atomic mass is 15.2. The molecule has 5 nitrogen and oxygen atoms in total. The Morgan fingerprint density at radius 3 is 1.60 bits per heavy atom. The molecule has 3 aliphatic heterocycles. The molecule has 0 bridgehead atoms. The van der Waals surface area contributed by atoms with Crippen LogP contribution in [-0.4, -0.2) is 15.8 Å². The third-order valence-electron chi connectivity index (χ3n) is 18.5. The van der Waals surface area contributed by atoms with E-state index in [9.17, 15) is 0 Å². The van der Waals surface area contributed by atoms with Crippen molar-refractivity contribution in [1.82, 2.24) is 9.13 Å². The summed E-state index contributed by atoms with van der Waals surface area (Å²) in [6.45, 7) is 13.8. The molecule has 17 rings (SSSR count). The summed E-state index contributed by atoms with van der Waals surface area (Å²) < 4.78 is 5.07. The van der Waals surface area contributed by atoms with E-state index in [1.807, 2.05) is 0 Å². The summed E-state index contributed by atoms with van der Waals surface area (Å²) >= 11 is 0. The molecule has 84 heavy (non-hydrogen) atoms. The molecule has 5 heterocycles. The Kier molecular flexibility index (Phi) is 10.3. The van der Waals surface area contributed by atoms with E-state index >= 15 is 0 Å². The minimum absolute atomic E-state index is 0.0177. The number of fused-ring (bicyclic) bond motifs is 13. The minimum Gasteiger partial charge on any atom is -0.311 e. The fraction of sp³-hybridized carbons (Fsp3) is 0.103. The van der Waals surface area contributed by atoms with Crippen molar-refractivity contribution in [2.24, 2.45) is 0 Å². The number of nitrogens with zero attached hydrogens (tertiary/aromatic N) is 5. The van der Waals surface area contributed by atoms with Gasteiger partial charge in [-0.1, -0.05) is 193 Å². The first-order valence-electron chi connectivity index (χ1n) is 29.6. The summed E-state index contributed by atoms with van der Waals surface area (Å²) in [7, 11) is 0. The second-order valence-corrected chi connectivity index (χ2v) is 25.4. The molecule has 14 aromatic rings. The molecule has 0 unspecified atom stereocenters. The van der Waals surface area contributed by atoms with E-state index < -0.39 is 0 Å². The van der Waals surface area contributed by atoms with Gasteiger partial charge >= 0.3 is 0 Å². The summed E-state index contributed by atoms with van der Waals surface area (Å²) in [6.07, 6.45) is 0. The Bertz CT molecular complexity index is 4940. The number of benzene rings is 12. The number of para-hydroxylation sites is 5. The normalized spacial score (nSPS) is 13.3. The molecule has 0 saturated heterocycles. The lowest BCUT2D eigenvalue weighted by molar-refractivity contribution is 0.590. The van der Waals surface area contributed by atoms with Crippen LogP contribution >= 0.6 is 0 Å². The van der Waals surface area contributed by atoms with Gasteiger partial charge in [0, 0.05) is 61.4 Å². The van der Waals surface area contributed by atoms with Gasteiger partial charge in [-0.2, -0.15) is 0 Å². The Labute approximate surface area is 490 Å². The predicted octanol–water partition coefficient (Wildman–Crippen LogP) is 19.2. The van der Waals surface area contributed by atoms with E-state index in [0.717, 1.165) is 39.8 Å². The zero-order valence-electron chi connectivity index (χ0n) is 48.1. The van der Waals surface area contributed by atoms with Crippen molar-refractivity contribution in [3.05, 3.63) is 266 Å². The van der Waals surface area contributed by atoms with Crippen LogP contribution in [0.25, 0.3) is 76.9 Å². The van der Waals surface area contributed by atoms with Crippen LogP contribution in [0.4, 0.5) is 51.2 Å². The first kappa shape index (κ1) is 48.7. The van der Waals surface area contributed by atoms with E-state index in [1.54, 1.807) is 0 Å². The average molecular weight is 1080 g/mol. The fourth-order valence-corrected chi connectivity index (χ4v) is 14.5. The van der Waals surface area contributed by atoms with Crippen molar-refractivity contribution in [3.8, 4) is 22.5 Å². The molecule has 6 heteroatoms. The van der Waals surface area contributed by atoms with Crippen molar-refractivity contribution in [1.29, 1.82) is 0 Å². The van der Waals surface area contributed by atoms with Crippen molar-refractivity contribution in [2.45, 2.75) is 52.4 Å². The summed E-state index contributed by atoms with van der Waals surface area (Å²) in [6, 6.07) is 96.2. The predicted molar refractivity (Wildman–Crippen MR) is 358 cm³/mol. The molecule has 3 aliphatic rings. The maximum atomic E-state index is 2.62. The Morgan fingerprint density at radius 1 is 0.345 bits per heavy atom. The van der Waals surface area contributed by atoms with Gasteiger partial charge in [-0.3, -0.25) is 0 Å². The fourth-order valence-electron chi connectivity index (χ4n) is 14.5. The highest BCUT2D eigenvalue weighted by Crippen LogP contribution is 2.54. The minimum atomic E-state index is -0.114. The zero-order chi connectivity index (χ0) is 56.3. The molecule has 0 spiro atoms. The summed E-state index contributed by atoms with van der Waals surface area (Å²) in [4.78, 5) is 7.66. The number of hydrogen-bond donors (Lipinski definition) is 0. The van der Waals surface area contributed by atoms with Gasteiger partial charge in [0.1, 0.15) is 0 Å². The van der Waals surface area contributed by atoms with Gasteiger partial charge in [0.15, 0.2) is 0 Å². The lowest BCUT2D eigenvalue weighted by Gasteiger charge is -2.46. The van der Waals surface area contributed by atoms with Gasteiger partial charge < -0.3 is 23.8 Å². The van der Waals surface area contributed by atoms with Crippen molar-refractivity contribution < 1.29 is 0 Å². The average Bonchev–Trinajstić information content (AvgIpc) is 1.12. The number of anilines is 9. The second kappa shape index (κ2) is 17.7. The lowest BCUT2D eigenvalue weighted by Crippen LogP contribution is -2.61. The lowest BCUT2D eigenvalue weighted by atomic mass is 9.33. The van der Waals surface area contributed by atoms with Crippen LogP contribution in [-0.2, 0) is 10.8 Å². The standard InChI is InChI=1S/C78H60BN5/c1-77(2,3)51-36-42-67-62(44-51)63-45-52(78(4,5)6)37-43-68(63)82(67)56-40-41-64-71(46-56)81(55-38-34-50(35-39-55)59-28-17-21-49-20-13-14-26-58(49)59)72-47-57(80(53-22-9-7-10-23-53)54-24-11-8-12-25-54)48-73-74(72)79(64)65-30-19-33-70-76(65)84(73)69-32-18-29-61-60-27-15-16-31-66(60)83(70)75(61)69/h7-48H,1-6H3. The molecule has 0 radical (unpaired) electrons. The zero-order valence-corrected chi connectivity index (χ0v) is 48.1. The topological polar surface area (TPSA) is 19.6 Å². The number of aromatic nitrogens is 2. The summed E-state index contributed by atoms with van der Waals surface area (Å²) in [5.41, 5.74) is 26.2. The first-order chi connectivity index (χ1) is 41.0. The van der Waals surface area contributed by atoms with Crippen molar-refractivity contribution >= 4 is 129 Å². The maximum absolute atomic E-state index is 2.62. The SMILES string of the molecule is CC(C)(C)c1ccc2c(c1)c1cc(C(C)(C)C)ccc1n2-c1ccc2c(c1)N(c1ccc(-c3cccc4ccccc34)cc1)c1cc(N(c3ccccc3)c3ccccc3)cc3c1B2c1cccc2c1N3c1cccc3c4ccccc4n-2c13. The van der Waals surface area contributed by atoms with Gasteiger partial charge in [0.25, 0.3) is 6.71 Å². The molecule has 0 N–H and O–H groups in total. The quantitative estimate of drug-likeness (QED) is 0.155. The second-order valence-electron chi connectivity index (χ2n) is 25.4. The third kappa shape index (κ3) is 7.04. The molecular weight excluding hydrogens is 1020 g/mol. The van der Waals surface area contributed by atoms with Gasteiger partial charge in [-0.05, 0) is 163 Å². The Balaban J connectivity index is 0.986. The van der Waals surface area contributed by atoms with Gasteiger partial charge in [-0.15, -0.1) is 0 Å². The van der Waals surface area contributed by atoms with E-state index in [4.69, 9.17) is 0 Å². The Morgan fingerprint density at radius 2 is 0.905 bits per heavy atom. The van der Waals surface area contributed by atoms with E-state index in [0.29, 0.717) is 0 Å². The van der Waals surface area contributed by atoms with Gasteiger partial charge in [-0.25, -0.2) is 0 Å². The molecular formula is C78H60BN5. The summed E-state index contributed by atoms with van der Waals surface area (Å²) in [5.74, 6) is 0. The monoisotopic (exact) mass is 1080 g/mol. The van der Waals surface area contributed by atoms with E-state index in [1.165, 1.54) is 116 Å². The first-order valence-corrected chi connectivity index (χ1v) is 29.6. The maximum Gasteiger partial charge on any atom is 0.252 e. The van der Waals surface area contributed by atoms with Crippen LogP contribution < -0.4 is 31.1 Å². The molecule has 0 amide bonds. The summed E-state index contributed by atoms with van der Waals surface area (Å²) in [5, 5.41) is 7.54. The van der Waals surface area contributed by atoms with Crippen LogP contribution in [0.5, 0.6) is 0 Å². The smallest absolute Gasteiger partial charge is 0.252 e. The molecule has 0 saturated carbocycles. The van der Waals surface area contributed by atoms with Gasteiger partial charge in [0.2, 0.25) is 0 Å². The molecule has 0 atom stereocenters. The Hall–Kier alpha value is -10.0. The van der Waals surface area contributed by atoms with Crippen molar-refractivity contribution in [3.63, 3.8) is 0 Å². The number of rotatable bonds is 6. The number of hydrogen-bond acceptors (Lipinski definition) is 3. The largest absolute Gasteiger partial charge is 0.311 e. The highest BCUT2D eigenvalue weighted by molar-refractivity contribution is 7.00. The molecule has 2 aromatic heterocycles. The molecule has 400 valence electrons. The van der Waals surface area contributed by atoms with Crippen LogP contribution in [0, 0.1) is 0 Å². The van der Waals surface area contributed by atoms with Crippen LogP contribution in [0.2, 0.25) is 0 Å². The van der Waals surface area contributed by atoms with E-state index in [2.05, 4.69) is 320 Å². The molecule has 12 aromatic carbocycles. The molecule has 0 fully saturated rings. The third-order valence-corrected chi connectivity index (χ3v) is 18.5. The van der Waals surface area contributed by atoms with E-state index in [-0.39, 0.29) is 17.5 Å². The van der Waals surface area contributed by atoms with Crippen molar-refractivity contribution in [2.75, 3.05) is 14.7 Å². The van der Waals surface area contributed by atoms with Crippen LogP contribution in [0.1, 0.15) is 52.7 Å².